The van der Waals surface area contributed by atoms with Crippen molar-refractivity contribution in [1.29, 1.82) is 0 Å². The van der Waals surface area contributed by atoms with Crippen LogP contribution in [0.25, 0.3) is 0 Å². The molecule has 2 atom stereocenters. The number of piperazine rings is 1. The van der Waals surface area contributed by atoms with Gasteiger partial charge in [-0.3, -0.25) is 9.88 Å². The maximum Gasteiger partial charge on any atom is 0.0446 e. The van der Waals surface area contributed by atoms with E-state index in [1.807, 2.05) is 12.4 Å². The third-order valence-electron chi connectivity index (χ3n) is 4.69. The number of pyridine rings is 1. The molecular weight excluding hydrogens is 248 g/mol. The minimum atomic E-state index is 0.590. The van der Waals surface area contributed by atoms with Gasteiger partial charge in [0.05, 0.1) is 0 Å². The van der Waals surface area contributed by atoms with Gasteiger partial charge in [-0.25, -0.2) is 0 Å². The Bertz CT molecular complexity index is 448. The van der Waals surface area contributed by atoms with Crippen LogP contribution >= 0.6 is 0 Å². The molecule has 0 aliphatic carbocycles. The van der Waals surface area contributed by atoms with E-state index in [2.05, 4.69) is 40.0 Å². The summed E-state index contributed by atoms with van der Waals surface area (Å²) in [6.07, 6.45) is 6.67. The molecule has 0 saturated carbocycles. The zero-order valence-electron chi connectivity index (χ0n) is 12.7. The predicted molar refractivity (Wildman–Crippen MR) is 83.0 cm³/mol. The topological polar surface area (TPSA) is 31.4 Å². The summed E-state index contributed by atoms with van der Waals surface area (Å²) < 4.78 is 0. The first-order valence-corrected chi connectivity index (χ1v) is 7.94. The van der Waals surface area contributed by atoms with E-state index in [0.717, 1.165) is 19.1 Å². The first-order chi connectivity index (χ1) is 9.79. The van der Waals surface area contributed by atoms with Gasteiger partial charge in [-0.1, -0.05) is 6.92 Å². The van der Waals surface area contributed by atoms with Crippen LogP contribution in [0.5, 0.6) is 0 Å². The van der Waals surface area contributed by atoms with Crippen LogP contribution in [-0.2, 0) is 6.54 Å². The second kappa shape index (κ2) is 6.10. The molecule has 2 aliphatic rings. The van der Waals surface area contributed by atoms with E-state index < -0.39 is 0 Å². The van der Waals surface area contributed by atoms with Crippen molar-refractivity contribution in [2.24, 2.45) is 0 Å². The third kappa shape index (κ3) is 2.67. The Morgan fingerprint density at radius 3 is 3.15 bits per heavy atom. The molecule has 1 aromatic rings. The van der Waals surface area contributed by atoms with E-state index in [0.29, 0.717) is 6.04 Å². The van der Waals surface area contributed by atoms with Gasteiger partial charge in [0.1, 0.15) is 0 Å². The molecule has 3 rings (SSSR count). The zero-order chi connectivity index (χ0) is 13.9. The fraction of sp³-hybridized carbons (Fsp3) is 0.688. The largest absolute Gasteiger partial charge is 0.366 e. The number of rotatable bonds is 4. The van der Waals surface area contributed by atoms with Gasteiger partial charge in [-0.05, 0) is 38.9 Å². The van der Waals surface area contributed by atoms with Gasteiger partial charge < -0.3 is 10.2 Å². The molecular formula is C16H26N4. The maximum atomic E-state index is 4.31. The van der Waals surface area contributed by atoms with E-state index in [1.165, 1.54) is 43.7 Å². The van der Waals surface area contributed by atoms with Crippen LogP contribution in [0.4, 0.5) is 5.69 Å². The Labute approximate surface area is 122 Å². The summed E-state index contributed by atoms with van der Waals surface area (Å²) in [6, 6.07) is 3.53. The Morgan fingerprint density at radius 1 is 1.40 bits per heavy atom. The molecule has 0 amide bonds. The lowest BCUT2D eigenvalue weighted by molar-refractivity contribution is 0.202. The SMILES string of the molecule is CCNCc1cnccc1N1CC2CCCN2CC1C. The average molecular weight is 274 g/mol. The molecule has 4 heteroatoms. The normalized spacial score (nSPS) is 26.8. The highest BCUT2D eigenvalue weighted by atomic mass is 15.3. The standard InChI is InChI=1S/C16H26N4/c1-3-17-9-14-10-18-7-6-16(14)20-12-15-5-4-8-19(15)11-13(20)2/h6-7,10,13,15,17H,3-5,8-9,11-12H2,1-2H3. The van der Waals surface area contributed by atoms with Crippen molar-refractivity contribution >= 4 is 5.69 Å². The summed E-state index contributed by atoms with van der Waals surface area (Å²) >= 11 is 0. The van der Waals surface area contributed by atoms with Crippen molar-refractivity contribution in [3.05, 3.63) is 24.0 Å². The fourth-order valence-corrected chi connectivity index (χ4v) is 3.62. The lowest BCUT2D eigenvalue weighted by Crippen LogP contribution is -2.55. The smallest absolute Gasteiger partial charge is 0.0446 e. The van der Waals surface area contributed by atoms with Gasteiger partial charge in [-0.15, -0.1) is 0 Å². The third-order valence-corrected chi connectivity index (χ3v) is 4.69. The summed E-state index contributed by atoms with van der Waals surface area (Å²) in [7, 11) is 0. The molecule has 2 fully saturated rings. The molecule has 2 aliphatic heterocycles. The highest BCUT2D eigenvalue weighted by Crippen LogP contribution is 2.30. The second-order valence-electron chi connectivity index (χ2n) is 6.08. The Morgan fingerprint density at radius 2 is 2.30 bits per heavy atom. The van der Waals surface area contributed by atoms with E-state index >= 15 is 0 Å². The number of nitrogens with one attached hydrogen (secondary N) is 1. The van der Waals surface area contributed by atoms with Crippen molar-refractivity contribution in [3.8, 4) is 0 Å². The first-order valence-electron chi connectivity index (χ1n) is 7.94. The number of fused-ring (bicyclic) bond motifs is 1. The van der Waals surface area contributed by atoms with Gasteiger partial charge in [-0.2, -0.15) is 0 Å². The molecule has 0 radical (unpaired) electrons. The van der Waals surface area contributed by atoms with E-state index in [1.54, 1.807) is 0 Å². The van der Waals surface area contributed by atoms with Crippen molar-refractivity contribution in [3.63, 3.8) is 0 Å². The quantitative estimate of drug-likeness (QED) is 0.908. The van der Waals surface area contributed by atoms with Gasteiger partial charge in [0, 0.05) is 55.4 Å². The molecule has 20 heavy (non-hydrogen) atoms. The zero-order valence-corrected chi connectivity index (χ0v) is 12.7. The van der Waals surface area contributed by atoms with Gasteiger partial charge in [0.2, 0.25) is 0 Å². The highest BCUT2D eigenvalue weighted by molar-refractivity contribution is 5.53. The Balaban J connectivity index is 1.80. The molecule has 3 heterocycles. The summed E-state index contributed by atoms with van der Waals surface area (Å²) in [6.45, 7) is 10.1. The van der Waals surface area contributed by atoms with Crippen LogP contribution in [0.15, 0.2) is 18.5 Å². The molecule has 4 nitrogen and oxygen atoms in total. The number of nitrogens with zero attached hydrogens (tertiary/aromatic N) is 3. The summed E-state index contributed by atoms with van der Waals surface area (Å²) in [5.74, 6) is 0. The van der Waals surface area contributed by atoms with Gasteiger partial charge in [0.15, 0.2) is 0 Å². The summed E-state index contributed by atoms with van der Waals surface area (Å²) in [5.41, 5.74) is 2.70. The Kier molecular flexibility index (Phi) is 4.22. The number of hydrogen-bond donors (Lipinski definition) is 1. The van der Waals surface area contributed by atoms with E-state index in [4.69, 9.17) is 0 Å². The minimum Gasteiger partial charge on any atom is -0.366 e. The maximum absolute atomic E-state index is 4.31. The molecule has 2 saturated heterocycles. The number of anilines is 1. The Hall–Kier alpha value is -1.13. The van der Waals surface area contributed by atoms with Crippen molar-refractivity contribution in [2.45, 2.75) is 45.3 Å². The van der Waals surface area contributed by atoms with Crippen LogP contribution in [-0.4, -0.2) is 48.1 Å². The van der Waals surface area contributed by atoms with Crippen LogP contribution in [0, 0.1) is 0 Å². The van der Waals surface area contributed by atoms with Crippen molar-refractivity contribution < 1.29 is 0 Å². The lowest BCUT2D eigenvalue weighted by Gasteiger charge is -2.44. The number of hydrogen-bond acceptors (Lipinski definition) is 4. The molecule has 2 unspecified atom stereocenters. The van der Waals surface area contributed by atoms with Crippen molar-refractivity contribution in [1.82, 2.24) is 15.2 Å². The molecule has 1 aromatic heterocycles. The fourth-order valence-electron chi connectivity index (χ4n) is 3.62. The van der Waals surface area contributed by atoms with Gasteiger partial charge >= 0.3 is 0 Å². The van der Waals surface area contributed by atoms with Crippen LogP contribution in [0.2, 0.25) is 0 Å². The van der Waals surface area contributed by atoms with Crippen LogP contribution in [0.1, 0.15) is 32.3 Å². The average Bonchev–Trinajstić information content (AvgIpc) is 2.91. The van der Waals surface area contributed by atoms with Crippen molar-refractivity contribution in [2.75, 3.05) is 31.1 Å². The van der Waals surface area contributed by atoms with Crippen LogP contribution < -0.4 is 10.2 Å². The van der Waals surface area contributed by atoms with E-state index in [9.17, 15) is 0 Å². The molecule has 110 valence electrons. The molecule has 1 N–H and O–H groups in total. The molecule has 0 bridgehead atoms. The summed E-state index contributed by atoms with van der Waals surface area (Å²) in [4.78, 5) is 9.58. The lowest BCUT2D eigenvalue weighted by atomic mass is 10.1. The highest BCUT2D eigenvalue weighted by Gasteiger charge is 2.34. The second-order valence-corrected chi connectivity index (χ2v) is 6.08. The van der Waals surface area contributed by atoms with Gasteiger partial charge in [0.25, 0.3) is 0 Å². The predicted octanol–water partition coefficient (Wildman–Crippen LogP) is 1.86. The monoisotopic (exact) mass is 274 g/mol. The summed E-state index contributed by atoms with van der Waals surface area (Å²) in [5, 5.41) is 3.43. The minimum absolute atomic E-state index is 0.590. The van der Waals surface area contributed by atoms with Crippen LogP contribution in [0.3, 0.4) is 0 Å². The molecule has 0 spiro atoms. The number of aromatic nitrogens is 1. The molecule has 0 aromatic carbocycles. The first kappa shape index (κ1) is 13.8. The van der Waals surface area contributed by atoms with E-state index in [-0.39, 0.29) is 0 Å².